The van der Waals surface area contributed by atoms with E-state index in [9.17, 15) is 9.59 Å². The molecule has 0 saturated carbocycles. The van der Waals surface area contributed by atoms with Gasteiger partial charge in [0.2, 0.25) is 11.8 Å². The summed E-state index contributed by atoms with van der Waals surface area (Å²) in [5, 5.41) is 5.81. The van der Waals surface area contributed by atoms with E-state index in [2.05, 4.69) is 15.5 Å². The minimum atomic E-state index is -0.444. The molecule has 1 aliphatic heterocycles. The van der Waals surface area contributed by atoms with E-state index in [-0.39, 0.29) is 18.2 Å². The summed E-state index contributed by atoms with van der Waals surface area (Å²) < 4.78 is 5.34. The second-order valence-corrected chi connectivity index (χ2v) is 6.88. The molecular formula is C22H27N3O3. The topological polar surface area (TPSA) is 70.7 Å². The number of ether oxygens (including phenoxy) is 1. The molecule has 0 bridgehead atoms. The van der Waals surface area contributed by atoms with Crippen molar-refractivity contribution in [2.24, 2.45) is 0 Å². The van der Waals surface area contributed by atoms with Gasteiger partial charge in [0.1, 0.15) is 5.75 Å². The highest BCUT2D eigenvalue weighted by Gasteiger charge is 2.31. The lowest BCUT2D eigenvalue weighted by atomic mass is 10.1. The van der Waals surface area contributed by atoms with Crippen LogP contribution in [-0.2, 0) is 22.6 Å². The van der Waals surface area contributed by atoms with Gasteiger partial charge in [-0.05, 0) is 23.6 Å². The largest absolute Gasteiger partial charge is 0.496 e. The van der Waals surface area contributed by atoms with Gasteiger partial charge in [-0.1, -0.05) is 48.5 Å². The summed E-state index contributed by atoms with van der Waals surface area (Å²) in [7, 11) is 1.64. The third-order valence-electron chi connectivity index (χ3n) is 4.96. The van der Waals surface area contributed by atoms with E-state index in [4.69, 9.17) is 4.74 Å². The molecule has 2 N–H and O–H groups in total. The molecule has 0 spiro atoms. The van der Waals surface area contributed by atoms with Gasteiger partial charge in [0, 0.05) is 26.2 Å². The number of amides is 2. The number of piperazine rings is 1. The molecule has 1 atom stereocenters. The Bertz CT molecular complexity index is 795. The number of carbonyl (C=O) groups is 2. The van der Waals surface area contributed by atoms with E-state index in [1.165, 1.54) is 0 Å². The highest BCUT2D eigenvalue weighted by atomic mass is 16.5. The second kappa shape index (κ2) is 9.90. The number of methoxy groups -OCH3 is 1. The number of hydrogen-bond donors (Lipinski definition) is 2. The summed E-state index contributed by atoms with van der Waals surface area (Å²) in [5.74, 6) is 0.620. The second-order valence-electron chi connectivity index (χ2n) is 6.88. The van der Waals surface area contributed by atoms with E-state index >= 15 is 0 Å². The van der Waals surface area contributed by atoms with Gasteiger partial charge in [-0.15, -0.1) is 0 Å². The zero-order chi connectivity index (χ0) is 19.8. The molecule has 0 radical (unpaired) electrons. The summed E-state index contributed by atoms with van der Waals surface area (Å²) in [6.07, 6.45) is 0.838. The standard InChI is InChI=1S/C22H27N3O3/c1-28-20-10-6-5-9-18(20)11-12-23-21(26)15-19-22(27)24-13-14-25(19)16-17-7-3-2-4-8-17/h2-10,19H,11-16H2,1H3,(H,23,26)(H,24,27)/t19-/m1/s1. The van der Waals surface area contributed by atoms with Crippen LogP contribution in [0.2, 0.25) is 0 Å². The third kappa shape index (κ3) is 5.33. The molecule has 0 unspecified atom stereocenters. The molecule has 2 aromatic rings. The summed E-state index contributed by atoms with van der Waals surface area (Å²) >= 11 is 0. The Kier molecular flexibility index (Phi) is 7.03. The molecule has 1 fully saturated rings. The lowest BCUT2D eigenvalue weighted by molar-refractivity contribution is -0.134. The maximum Gasteiger partial charge on any atom is 0.237 e. The average Bonchev–Trinajstić information content (AvgIpc) is 2.72. The van der Waals surface area contributed by atoms with Gasteiger partial charge in [0.05, 0.1) is 19.6 Å². The van der Waals surface area contributed by atoms with E-state index < -0.39 is 6.04 Å². The predicted molar refractivity (Wildman–Crippen MR) is 108 cm³/mol. The molecule has 6 heteroatoms. The fourth-order valence-electron chi connectivity index (χ4n) is 3.49. The van der Waals surface area contributed by atoms with Crippen LogP contribution in [0.15, 0.2) is 54.6 Å². The SMILES string of the molecule is COc1ccccc1CCNC(=O)C[C@@H]1C(=O)NCCN1Cc1ccccc1. The minimum absolute atomic E-state index is 0.0814. The zero-order valence-corrected chi connectivity index (χ0v) is 16.2. The Morgan fingerprint density at radius 3 is 2.71 bits per heavy atom. The number of nitrogens with zero attached hydrogens (tertiary/aromatic N) is 1. The first-order chi connectivity index (χ1) is 13.7. The molecular weight excluding hydrogens is 354 g/mol. The Balaban J connectivity index is 1.53. The molecule has 148 valence electrons. The number of rotatable bonds is 8. The average molecular weight is 381 g/mol. The molecule has 2 aromatic carbocycles. The van der Waals surface area contributed by atoms with Crippen molar-refractivity contribution in [1.82, 2.24) is 15.5 Å². The maximum atomic E-state index is 12.5. The van der Waals surface area contributed by atoms with Crippen LogP contribution in [0.1, 0.15) is 17.5 Å². The summed E-state index contributed by atoms with van der Waals surface area (Å²) in [6, 6.07) is 17.3. The van der Waals surface area contributed by atoms with Crippen LogP contribution < -0.4 is 15.4 Å². The highest BCUT2D eigenvalue weighted by Crippen LogP contribution is 2.17. The maximum absolute atomic E-state index is 12.5. The monoisotopic (exact) mass is 381 g/mol. The first-order valence-electron chi connectivity index (χ1n) is 9.61. The number of carbonyl (C=O) groups excluding carboxylic acids is 2. The first-order valence-corrected chi connectivity index (χ1v) is 9.61. The van der Waals surface area contributed by atoms with Crippen molar-refractivity contribution in [2.75, 3.05) is 26.7 Å². The van der Waals surface area contributed by atoms with Gasteiger partial charge in [-0.3, -0.25) is 14.5 Å². The fraction of sp³-hybridized carbons (Fsp3) is 0.364. The summed E-state index contributed by atoms with van der Waals surface area (Å²) in [4.78, 5) is 26.9. The molecule has 0 aliphatic carbocycles. The molecule has 1 heterocycles. The zero-order valence-electron chi connectivity index (χ0n) is 16.2. The third-order valence-corrected chi connectivity index (χ3v) is 4.96. The van der Waals surface area contributed by atoms with Crippen molar-refractivity contribution in [3.8, 4) is 5.75 Å². The predicted octanol–water partition coefficient (Wildman–Crippen LogP) is 1.74. The normalized spacial score (nSPS) is 17.0. The van der Waals surface area contributed by atoms with Crippen LogP contribution in [0.4, 0.5) is 0 Å². The van der Waals surface area contributed by atoms with Gasteiger partial charge in [0.25, 0.3) is 0 Å². The first kappa shape index (κ1) is 19.9. The molecule has 1 aliphatic rings. The van der Waals surface area contributed by atoms with Crippen molar-refractivity contribution in [3.63, 3.8) is 0 Å². The van der Waals surface area contributed by atoms with Gasteiger partial charge >= 0.3 is 0 Å². The summed E-state index contributed by atoms with van der Waals surface area (Å²) in [5.41, 5.74) is 2.19. The molecule has 1 saturated heterocycles. The number of para-hydroxylation sites is 1. The number of hydrogen-bond acceptors (Lipinski definition) is 4. The molecule has 28 heavy (non-hydrogen) atoms. The van der Waals surface area contributed by atoms with Crippen molar-refractivity contribution >= 4 is 11.8 Å². The molecule has 3 rings (SSSR count). The Morgan fingerprint density at radius 2 is 1.93 bits per heavy atom. The van der Waals surface area contributed by atoms with Gasteiger partial charge in [-0.25, -0.2) is 0 Å². The summed E-state index contributed by atoms with van der Waals surface area (Å²) in [6.45, 7) is 2.51. The van der Waals surface area contributed by atoms with E-state index in [0.717, 1.165) is 23.4 Å². The van der Waals surface area contributed by atoms with Crippen molar-refractivity contribution < 1.29 is 14.3 Å². The Labute approximate surface area is 165 Å². The van der Waals surface area contributed by atoms with Crippen molar-refractivity contribution in [2.45, 2.75) is 25.4 Å². The van der Waals surface area contributed by atoms with Crippen LogP contribution in [0.25, 0.3) is 0 Å². The molecule has 6 nitrogen and oxygen atoms in total. The van der Waals surface area contributed by atoms with Crippen LogP contribution >= 0.6 is 0 Å². The number of benzene rings is 2. The van der Waals surface area contributed by atoms with Gasteiger partial charge in [0.15, 0.2) is 0 Å². The fourth-order valence-corrected chi connectivity index (χ4v) is 3.49. The van der Waals surface area contributed by atoms with Gasteiger partial charge < -0.3 is 15.4 Å². The van der Waals surface area contributed by atoms with Crippen LogP contribution in [0.3, 0.4) is 0 Å². The number of nitrogens with one attached hydrogen (secondary N) is 2. The Hall–Kier alpha value is -2.86. The Morgan fingerprint density at radius 1 is 1.18 bits per heavy atom. The lowest BCUT2D eigenvalue weighted by Crippen LogP contribution is -2.56. The molecule has 0 aromatic heterocycles. The van der Waals surface area contributed by atoms with E-state index in [0.29, 0.717) is 26.1 Å². The molecule has 2 amide bonds. The quantitative estimate of drug-likeness (QED) is 0.731. The van der Waals surface area contributed by atoms with E-state index in [1.54, 1.807) is 7.11 Å². The van der Waals surface area contributed by atoms with E-state index in [1.807, 2.05) is 54.6 Å². The minimum Gasteiger partial charge on any atom is -0.496 e. The highest BCUT2D eigenvalue weighted by molar-refractivity contribution is 5.88. The van der Waals surface area contributed by atoms with Crippen molar-refractivity contribution in [3.05, 3.63) is 65.7 Å². The van der Waals surface area contributed by atoms with Crippen LogP contribution in [0.5, 0.6) is 5.75 Å². The van der Waals surface area contributed by atoms with Crippen molar-refractivity contribution in [1.29, 1.82) is 0 Å². The van der Waals surface area contributed by atoms with Crippen LogP contribution in [0, 0.1) is 0 Å². The lowest BCUT2D eigenvalue weighted by Gasteiger charge is -2.34. The smallest absolute Gasteiger partial charge is 0.237 e. The van der Waals surface area contributed by atoms with Crippen LogP contribution in [-0.4, -0.2) is 49.5 Å². The van der Waals surface area contributed by atoms with Gasteiger partial charge in [-0.2, -0.15) is 0 Å².